The number of carbonyl (C=O) groups excluding carboxylic acids is 1. The molecule has 1 heterocycles. The van der Waals surface area contributed by atoms with E-state index >= 15 is 0 Å². The highest BCUT2D eigenvalue weighted by Gasteiger charge is 2.52. The van der Waals surface area contributed by atoms with E-state index in [4.69, 9.17) is 0 Å². The highest BCUT2D eigenvalue weighted by Crippen LogP contribution is 2.48. The van der Waals surface area contributed by atoms with Gasteiger partial charge in [0.2, 0.25) is 5.91 Å². The molecule has 1 saturated carbocycles. The average Bonchev–Trinajstić information content (AvgIpc) is 2.69. The van der Waals surface area contributed by atoms with Crippen LogP contribution >= 0.6 is 0 Å². The first kappa shape index (κ1) is 19.6. The van der Waals surface area contributed by atoms with Crippen molar-refractivity contribution in [1.29, 1.82) is 0 Å². The number of carboxylic acid groups (broad SMARTS) is 1. The van der Waals surface area contributed by atoms with Crippen LogP contribution in [-0.4, -0.2) is 35.0 Å². The van der Waals surface area contributed by atoms with Gasteiger partial charge in [-0.05, 0) is 43.4 Å². The Morgan fingerprint density at radius 1 is 0.828 bits per heavy atom. The molecule has 0 bridgehead atoms. The topological polar surface area (TPSA) is 57.6 Å². The van der Waals surface area contributed by atoms with E-state index < -0.39 is 28.4 Å². The third kappa shape index (κ3) is 3.02. The van der Waals surface area contributed by atoms with Gasteiger partial charge in [-0.25, -0.2) is 8.78 Å². The molecule has 152 valence electrons. The van der Waals surface area contributed by atoms with E-state index in [1.165, 1.54) is 18.2 Å². The maximum Gasteiger partial charge on any atom is 0.314 e. The lowest BCUT2D eigenvalue weighted by Gasteiger charge is -2.47. The molecule has 0 aromatic heterocycles. The number of benzene rings is 2. The van der Waals surface area contributed by atoms with Gasteiger partial charge in [0.1, 0.15) is 11.6 Å². The number of carboxylic acids is 1. The average molecular weight is 399 g/mol. The number of likely N-dealkylation sites (tertiary alicyclic amines) is 1. The van der Waals surface area contributed by atoms with Gasteiger partial charge in [-0.15, -0.1) is 0 Å². The summed E-state index contributed by atoms with van der Waals surface area (Å²) in [5.74, 6) is -2.59. The molecule has 1 N–H and O–H groups in total. The zero-order valence-corrected chi connectivity index (χ0v) is 16.0. The molecule has 0 unspecified atom stereocenters. The highest BCUT2D eigenvalue weighted by atomic mass is 19.1. The summed E-state index contributed by atoms with van der Waals surface area (Å²) >= 11 is 0. The Kier molecular flexibility index (Phi) is 4.89. The molecule has 1 amide bonds. The summed E-state index contributed by atoms with van der Waals surface area (Å²) in [5.41, 5.74) is -1.65. The van der Waals surface area contributed by atoms with E-state index in [1.807, 2.05) is 18.2 Å². The second kappa shape index (κ2) is 7.25. The van der Waals surface area contributed by atoms with Crippen LogP contribution in [0.3, 0.4) is 0 Å². The largest absolute Gasteiger partial charge is 0.481 e. The Bertz CT molecular complexity index is 912. The third-order valence-electron chi connectivity index (χ3n) is 6.70. The van der Waals surface area contributed by atoms with Gasteiger partial charge in [-0.3, -0.25) is 9.59 Å². The number of carbonyl (C=O) groups is 2. The normalized spacial score (nSPS) is 20.0. The Hall–Kier alpha value is -2.76. The van der Waals surface area contributed by atoms with Crippen LogP contribution in [0.5, 0.6) is 0 Å². The lowest BCUT2D eigenvalue weighted by atomic mass is 9.62. The van der Waals surface area contributed by atoms with Gasteiger partial charge in [-0.2, -0.15) is 0 Å². The van der Waals surface area contributed by atoms with Gasteiger partial charge in [0.05, 0.1) is 10.8 Å². The van der Waals surface area contributed by atoms with Crippen molar-refractivity contribution in [1.82, 2.24) is 4.90 Å². The smallest absolute Gasteiger partial charge is 0.314 e. The molecule has 2 fully saturated rings. The molecule has 1 aliphatic heterocycles. The van der Waals surface area contributed by atoms with Crippen LogP contribution in [0.25, 0.3) is 0 Å². The van der Waals surface area contributed by atoms with Crippen molar-refractivity contribution in [2.24, 2.45) is 0 Å². The molecule has 0 radical (unpaired) electrons. The van der Waals surface area contributed by atoms with Crippen molar-refractivity contribution in [3.63, 3.8) is 0 Å². The summed E-state index contributed by atoms with van der Waals surface area (Å²) < 4.78 is 28.9. The predicted octanol–water partition coefficient (Wildman–Crippen LogP) is 4.03. The van der Waals surface area contributed by atoms with Crippen molar-refractivity contribution in [3.05, 3.63) is 71.3 Å². The van der Waals surface area contributed by atoms with Crippen molar-refractivity contribution in [3.8, 4) is 0 Å². The zero-order valence-electron chi connectivity index (χ0n) is 16.0. The van der Waals surface area contributed by atoms with Gasteiger partial charge in [0, 0.05) is 18.7 Å². The molecule has 2 aliphatic rings. The minimum absolute atomic E-state index is 0.144. The predicted molar refractivity (Wildman–Crippen MR) is 103 cm³/mol. The van der Waals surface area contributed by atoms with Crippen LogP contribution < -0.4 is 0 Å². The molecular formula is C23H23F2NO3. The quantitative estimate of drug-likeness (QED) is 0.845. The number of hydrogen-bond donors (Lipinski definition) is 1. The lowest BCUT2D eigenvalue weighted by molar-refractivity contribution is -0.151. The third-order valence-corrected chi connectivity index (χ3v) is 6.70. The van der Waals surface area contributed by atoms with Gasteiger partial charge in [0.15, 0.2) is 0 Å². The maximum absolute atomic E-state index is 14.5. The van der Waals surface area contributed by atoms with E-state index in [0.717, 1.165) is 12.0 Å². The summed E-state index contributed by atoms with van der Waals surface area (Å²) in [5, 5.41) is 9.93. The molecule has 1 aliphatic carbocycles. The summed E-state index contributed by atoms with van der Waals surface area (Å²) in [6.45, 7) is 0.496. The first-order valence-electron chi connectivity index (χ1n) is 9.93. The Balaban J connectivity index is 1.60. The zero-order chi connectivity index (χ0) is 20.6. The Morgan fingerprint density at radius 2 is 1.41 bits per heavy atom. The minimum atomic E-state index is -1.18. The van der Waals surface area contributed by atoms with Crippen LogP contribution in [0.2, 0.25) is 0 Å². The number of rotatable bonds is 4. The van der Waals surface area contributed by atoms with Crippen molar-refractivity contribution >= 4 is 11.9 Å². The van der Waals surface area contributed by atoms with E-state index in [1.54, 1.807) is 17.0 Å². The molecule has 4 rings (SSSR count). The number of aliphatic carboxylic acids is 1. The molecule has 6 heteroatoms. The van der Waals surface area contributed by atoms with Crippen molar-refractivity contribution in [2.75, 3.05) is 13.1 Å². The summed E-state index contributed by atoms with van der Waals surface area (Å²) in [6, 6.07) is 12.7. The summed E-state index contributed by atoms with van der Waals surface area (Å²) in [6.07, 6.45) is 2.09. The number of amides is 1. The fourth-order valence-electron chi connectivity index (χ4n) is 4.83. The molecule has 29 heavy (non-hydrogen) atoms. The van der Waals surface area contributed by atoms with Crippen LogP contribution in [0, 0.1) is 11.6 Å². The first-order valence-corrected chi connectivity index (χ1v) is 9.93. The minimum Gasteiger partial charge on any atom is -0.481 e. The number of halogens is 2. The van der Waals surface area contributed by atoms with Crippen molar-refractivity contribution in [2.45, 2.75) is 42.9 Å². The number of piperidine rings is 1. The Morgan fingerprint density at radius 3 is 1.90 bits per heavy atom. The van der Waals surface area contributed by atoms with Gasteiger partial charge in [-0.1, -0.05) is 42.8 Å². The standard InChI is InChI=1S/C23H23F2NO3/c24-17-8-4-9-18(25)19(17)23(10-5-11-23)20(27)26-14-12-22(13-15-26,21(28)29)16-6-2-1-3-7-16/h1-4,6-9H,5,10-15H2,(H,28,29). The van der Waals surface area contributed by atoms with E-state index in [-0.39, 0.29) is 37.4 Å². The number of hydrogen-bond acceptors (Lipinski definition) is 2. The lowest BCUT2D eigenvalue weighted by Crippen LogP contribution is -2.56. The molecule has 1 saturated heterocycles. The van der Waals surface area contributed by atoms with E-state index in [0.29, 0.717) is 12.8 Å². The SMILES string of the molecule is O=C(O)C1(c2ccccc2)CCN(C(=O)C2(c3c(F)cccc3F)CCC2)CC1. The van der Waals surface area contributed by atoms with Crippen LogP contribution in [0.4, 0.5) is 8.78 Å². The molecule has 2 aromatic carbocycles. The molecule has 4 nitrogen and oxygen atoms in total. The second-order valence-corrected chi connectivity index (χ2v) is 8.08. The molecule has 2 aromatic rings. The maximum atomic E-state index is 14.5. The van der Waals surface area contributed by atoms with Crippen LogP contribution in [0.15, 0.2) is 48.5 Å². The molecule has 0 atom stereocenters. The summed E-state index contributed by atoms with van der Waals surface area (Å²) in [7, 11) is 0. The Labute approximate surface area is 168 Å². The number of nitrogens with zero attached hydrogens (tertiary/aromatic N) is 1. The highest BCUT2D eigenvalue weighted by molar-refractivity contribution is 5.90. The van der Waals surface area contributed by atoms with Crippen LogP contribution in [-0.2, 0) is 20.4 Å². The van der Waals surface area contributed by atoms with E-state index in [2.05, 4.69) is 0 Å². The van der Waals surface area contributed by atoms with E-state index in [9.17, 15) is 23.5 Å². The summed E-state index contributed by atoms with van der Waals surface area (Å²) in [4.78, 5) is 27.1. The monoisotopic (exact) mass is 399 g/mol. The van der Waals surface area contributed by atoms with Gasteiger partial charge in [0.25, 0.3) is 0 Å². The second-order valence-electron chi connectivity index (χ2n) is 8.08. The molecular weight excluding hydrogens is 376 g/mol. The van der Waals surface area contributed by atoms with Gasteiger partial charge < -0.3 is 10.0 Å². The first-order chi connectivity index (χ1) is 13.9. The van der Waals surface area contributed by atoms with Crippen LogP contribution in [0.1, 0.15) is 43.2 Å². The fourth-order valence-corrected chi connectivity index (χ4v) is 4.83. The van der Waals surface area contributed by atoms with Gasteiger partial charge >= 0.3 is 5.97 Å². The fraction of sp³-hybridized carbons (Fsp3) is 0.391. The van der Waals surface area contributed by atoms with Crippen molar-refractivity contribution < 1.29 is 23.5 Å². The molecule has 0 spiro atoms.